The molecule has 3 aromatic carbocycles. The molecule has 4 nitrogen and oxygen atoms in total. The first-order valence-electron chi connectivity index (χ1n) is 16.6. The first-order valence-corrected chi connectivity index (χ1v) is 19.5. The maximum Gasteiger partial charge on any atom is 0.192 e. The van der Waals surface area contributed by atoms with Crippen LogP contribution in [0.25, 0.3) is 0 Å². The molecule has 5 heteroatoms. The molecule has 44 heavy (non-hydrogen) atoms. The molecule has 6 rings (SSSR count). The molecule has 0 N–H and O–H groups in total. The summed E-state index contributed by atoms with van der Waals surface area (Å²) in [6, 6.07) is 31.5. The quantitative estimate of drug-likeness (QED) is 0.189. The molecule has 3 aromatic rings. The van der Waals surface area contributed by atoms with Gasteiger partial charge in [0.2, 0.25) is 0 Å². The minimum atomic E-state index is -2.09. The molecule has 0 amide bonds. The van der Waals surface area contributed by atoms with Gasteiger partial charge in [0.25, 0.3) is 0 Å². The van der Waals surface area contributed by atoms with Crippen molar-refractivity contribution in [2.24, 2.45) is 17.3 Å². The van der Waals surface area contributed by atoms with Crippen LogP contribution in [0.4, 0.5) is 0 Å². The van der Waals surface area contributed by atoms with E-state index in [1.165, 1.54) is 0 Å². The van der Waals surface area contributed by atoms with Gasteiger partial charge in [0.15, 0.2) is 14.1 Å². The molecule has 1 aliphatic carbocycles. The largest absolute Gasteiger partial charge is 0.413 e. The highest BCUT2D eigenvalue weighted by Gasteiger charge is 2.72. The standard InChI is InChI=1S/C39H50O4Si/c1-28-25-33-26-37(5)34(43-44(6,7)36(2,3)4)24-23-32(39(37,42-33)35(28)40)27-41-38(29-17-11-8-12-18-29,30-19-13-9-14-20-30)31-21-15-10-16-22-31/h8-22,28,32-34H,23-27H2,1-7H3/t28?,32-,33+,34+,37-,39-/m1/s1. The lowest BCUT2D eigenvalue weighted by atomic mass is 9.56. The van der Waals surface area contributed by atoms with E-state index in [0.717, 1.165) is 42.4 Å². The molecule has 1 unspecified atom stereocenters. The van der Waals surface area contributed by atoms with Crippen LogP contribution >= 0.6 is 0 Å². The third-order valence-corrected chi connectivity index (χ3v) is 16.1. The summed E-state index contributed by atoms with van der Waals surface area (Å²) < 4.78 is 21.6. The van der Waals surface area contributed by atoms with Crippen LogP contribution in [0, 0.1) is 17.3 Å². The third kappa shape index (κ3) is 4.86. The summed E-state index contributed by atoms with van der Waals surface area (Å²) in [5, 5.41) is 0.0863. The lowest BCUT2D eigenvalue weighted by Crippen LogP contribution is -2.67. The maximum absolute atomic E-state index is 14.6. The number of carbonyl (C=O) groups excluding carboxylic acids is 1. The Morgan fingerprint density at radius 2 is 1.34 bits per heavy atom. The monoisotopic (exact) mass is 610 g/mol. The van der Waals surface area contributed by atoms with E-state index in [4.69, 9.17) is 13.9 Å². The van der Waals surface area contributed by atoms with Crippen LogP contribution in [0.1, 0.15) is 77.0 Å². The SMILES string of the molecule is CC1C[C@H]2C[C@]3(C)[C@@H](O[Si](C)(C)C(C)(C)C)CC[C@H](COC(c4ccccc4)(c4ccccc4)c4ccccc4)[C@@]3(O2)C1=O. The molecule has 6 atom stereocenters. The number of benzene rings is 3. The molecule has 2 heterocycles. The Bertz CT molecular complexity index is 1350. The van der Waals surface area contributed by atoms with Gasteiger partial charge < -0.3 is 13.9 Å². The van der Waals surface area contributed by atoms with Gasteiger partial charge in [0, 0.05) is 17.3 Å². The van der Waals surface area contributed by atoms with Crippen LogP contribution < -0.4 is 0 Å². The maximum atomic E-state index is 14.6. The van der Waals surface area contributed by atoms with Crippen LogP contribution in [0.15, 0.2) is 91.0 Å². The van der Waals surface area contributed by atoms with Crippen molar-refractivity contribution in [1.82, 2.24) is 0 Å². The Labute approximate surface area is 265 Å². The minimum absolute atomic E-state index is 0.0129. The summed E-state index contributed by atoms with van der Waals surface area (Å²) in [6.07, 6.45) is 3.44. The van der Waals surface area contributed by atoms with E-state index in [1.54, 1.807) is 0 Å². The Balaban J connectivity index is 1.43. The van der Waals surface area contributed by atoms with Crippen molar-refractivity contribution in [1.29, 1.82) is 0 Å². The predicted molar refractivity (Wildman–Crippen MR) is 179 cm³/mol. The zero-order chi connectivity index (χ0) is 31.4. The number of hydrogen-bond donors (Lipinski definition) is 0. The number of rotatable bonds is 8. The van der Waals surface area contributed by atoms with E-state index in [0.29, 0.717) is 6.61 Å². The summed E-state index contributed by atoms with van der Waals surface area (Å²) in [4.78, 5) is 14.6. The summed E-state index contributed by atoms with van der Waals surface area (Å²) in [5.41, 5.74) is 1.04. The highest BCUT2D eigenvalue weighted by molar-refractivity contribution is 6.74. The lowest BCUT2D eigenvalue weighted by Gasteiger charge is -2.57. The molecule has 2 saturated heterocycles. The average Bonchev–Trinajstić information content (AvgIpc) is 3.28. The molecule has 0 radical (unpaired) electrons. The molecule has 234 valence electrons. The molecular weight excluding hydrogens is 561 g/mol. The van der Waals surface area contributed by atoms with Crippen molar-refractivity contribution in [3.8, 4) is 0 Å². The number of ether oxygens (including phenoxy) is 2. The Hall–Kier alpha value is -2.57. The normalized spacial score (nSPS) is 30.7. The zero-order valence-corrected chi connectivity index (χ0v) is 28.6. The first-order chi connectivity index (χ1) is 20.8. The molecule has 0 aromatic heterocycles. The van der Waals surface area contributed by atoms with Crippen molar-refractivity contribution in [3.63, 3.8) is 0 Å². The van der Waals surface area contributed by atoms with Crippen molar-refractivity contribution < 1.29 is 18.7 Å². The summed E-state index contributed by atoms with van der Waals surface area (Å²) in [5.74, 6) is 0.130. The fraction of sp³-hybridized carbons (Fsp3) is 0.513. The second-order valence-corrected chi connectivity index (χ2v) is 20.1. The lowest BCUT2D eigenvalue weighted by molar-refractivity contribution is -0.212. The van der Waals surface area contributed by atoms with Crippen LogP contribution in [0.5, 0.6) is 0 Å². The van der Waals surface area contributed by atoms with Crippen LogP contribution in [0.3, 0.4) is 0 Å². The average molecular weight is 611 g/mol. The van der Waals surface area contributed by atoms with Crippen LogP contribution in [0.2, 0.25) is 18.1 Å². The van der Waals surface area contributed by atoms with E-state index in [1.807, 2.05) is 18.2 Å². The predicted octanol–water partition coefficient (Wildman–Crippen LogP) is 8.94. The molecule has 1 spiro atoms. The zero-order valence-electron chi connectivity index (χ0n) is 27.6. The van der Waals surface area contributed by atoms with E-state index in [9.17, 15) is 4.79 Å². The summed E-state index contributed by atoms with van der Waals surface area (Å²) in [7, 11) is -2.09. The molecule has 2 bridgehead atoms. The van der Waals surface area contributed by atoms with Crippen molar-refractivity contribution in [2.75, 3.05) is 6.61 Å². The number of carbonyl (C=O) groups is 1. The van der Waals surface area contributed by atoms with Crippen molar-refractivity contribution in [3.05, 3.63) is 108 Å². The summed E-state index contributed by atoms with van der Waals surface area (Å²) in [6.45, 7) is 16.4. The van der Waals surface area contributed by atoms with Gasteiger partial charge in [-0.15, -0.1) is 0 Å². The number of Topliss-reactive ketones (excluding diaryl/α,β-unsaturated/α-hetero) is 1. The van der Waals surface area contributed by atoms with Crippen molar-refractivity contribution >= 4 is 14.1 Å². The summed E-state index contributed by atoms with van der Waals surface area (Å²) >= 11 is 0. The van der Waals surface area contributed by atoms with Crippen molar-refractivity contribution in [2.45, 2.75) is 102 Å². The highest BCUT2D eigenvalue weighted by atomic mass is 28.4. The van der Waals surface area contributed by atoms with E-state index in [2.05, 4.69) is 121 Å². The smallest absolute Gasteiger partial charge is 0.192 e. The number of hydrogen-bond acceptors (Lipinski definition) is 4. The van der Waals surface area contributed by atoms with Gasteiger partial charge in [0.05, 0.1) is 18.8 Å². The Morgan fingerprint density at radius 1 is 0.841 bits per heavy atom. The van der Waals surface area contributed by atoms with E-state index < -0.39 is 24.9 Å². The second kappa shape index (κ2) is 11.3. The van der Waals surface area contributed by atoms with Crippen LogP contribution in [-0.2, 0) is 24.3 Å². The Morgan fingerprint density at radius 3 is 1.82 bits per heavy atom. The first kappa shape index (κ1) is 31.4. The number of ketones is 1. The topological polar surface area (TPSA) is 44.8 Å². The van der Waals surface area contributed by atoms with Gasteiger partial charge in [-0.3, -0.25) is 4.79 Å². The number of fused-ring (bicyclic) bond motifs is 1. The molecule has 1 saturated carbocycles. The highest BCUT2D eigenvalue weighted by Crippen LogP contribution is 2.63. The second-order valence-electron chi connectivity index (χ2n) is 15.3. The van der Waals surface area contributed by atoms with Gasteiger partial charge in [0.1, 0.15) is 11.2 Å². The molecule has 3 aliphatic rings. The van der Waals surface area contributed by atoms with Gasteiger partial charge in [-0.1, -0.05) is 126 Å². The molecule has 2 aliphatic heterocycles. The third-order valence-electron chi connectivity index (χ3n) is 11.6. The fourth-order valence-electron chi connectivity index (χ4n) is 8.33. The van der Waals surface area contributed by atoms with Gasteiger partial charge in [-0.2, -0.15) is 0 Å². The van der Waals surface area contributed by atoms with Gasteiger partial charge in [-0.05, 0) is 60.5 Å². The fourth-order valence-corrected chi connectivity index (χ4v) is 9.77. The Kier molecular flexibility index (Phi) is 8.10. The molecule has 3 fully saturated rings. The van der Waals surface area contributed by atoms with E-state index >= 15 is 0 Å². The van der Waals surface area contributed by atoms with Gasteiger partial charge in [-0.25, -0.2) is 0 Å². The van der Waals surface area contributed by atoms with E-state index in [-0.39, 0.29) is 34.9 Å². The van der Waals surface area contributed by atoms with Gasteiger partial charge >= 0.3 is 0 Å². The minimum Gasteiger partial charge on any atom is -0.413 e. The molecular formula is C39H50O4Si. The van der Waals surface area contributed by atoms with Crippen LogP contribution in [-0.4, -0.2) is 38.5 Å².